The fourth-order valence-electron chi connectivity index (χ4n) is 8.08. The van der Waals surface area contributed by atoms with E-state index in [0.717, 1.165) is 63.1 Å². The number of alkyl carbamates (subject to hydrolysis) is 1. The number of hydrogen-bond acceptors (Lipinski definition) is 11. The Kier molecular flexibility index (Phi) is 15.8. The topological polar surface area (TPSA) is 167 Å². The van der Waals surface area contributed by atoms with Crippen molar-refractivity contribution in [1.29, 1.82) is 0 Å². The average molecular weight is 881 g/mol. The highest BCUT2D eigenvalue weighted by Gasteiger charge is 2.45. The predicted molar refractivity (Wildman–Crippen MR) is 228 cm³/mol. The Morgan fingerprint density at radius 2 is 1.68 bits per heavy atom. The normalized spacial score (nSPS) is 19.6. The van der Waals surface area contributed by atoms with Crippen LogP contribution < -0.4 is 26.6 Å². The maximum atomic E-state index is 15.1. The molecule has 2 bridgehead atoms. The molecule has 0 saturated carbocycles. The number of piperazine rings is 1. The van der Waals surface area contributed by atoms with Crippen molar-refractivity contribution in [1.82, 2.24) is 25.8 Å². The summed E-state index contributed by atoms with van der Waals surface area (Å²) in [7, 11) is 1.10. The molecule has 6 rings (SSSR count). The summed E-state index contributed by atoms with van der Waals surface area (Å²) in [6, 6.07) is 12.0. The SMILES string of the molecule is COC(=O)N[C@H](C(=O)N[C@@H](Cc1ccc(C#Cc2ccc(N3CC4CCC(C3)N4C3COC3)nc2)cc1)[C@@H](O)CNCc1c(F)cc(C(C=NC(F)F)=CN)cc1F)C(C)(C)CF. The van der Waals surface area contributed by atoms with Crippen molar-refractivity contribution in [3.63, 3.8) is 0 Å². The third-order valence-corrected chi connectivity index (χ3v) is 11.7. The predicted octanol–water partition coefficient (Wildman–Crippen LogP) is 4.30. The molecule has 1 aromatic heterocycles. The number of aliphatic imine (C=N–C) groups is 1. The van der Waals surface area contributed by atoms with Gasteiger partial charge in [0, 0.05) is 84.6 Å². The molecule has 0 spiro atoms. The molecule has 13 nitrogen and oxygen atoms in total. The zero-order valence-electron chi connectivity index (χ0n) is 35.3. The highest BCUT2D eigenvalue weighted by Crippen LogP contribution is 2.35. The zero-order chi connectivity index (χ0) is 45.3. The standard InChI is InChI=1S/C45H53F5N8O5/c1-45(2,26-46)41(56-44(61)62-3)42(60)55-38(39(59)21-52-20-35-36(47)15-30(16-37(35)48)31(17-51)19-54-43(49)50)14-28-7-4-27(5-8-28)6-9-29-10-13-40(53-18-29)57-22-32-11-12-33(23-57)58(32)34-24-63-25-34/h4-5,7-8,10,13,15-19,32-34,38-39,41,43,52,59H,11-12,14,20-26,51H2,1-3H3,(H,55,60)(H,56,61)/t32?,33?,38-,39-,41+/m0/s1. The molecule has 3 aromatic rings. The molecule has 0 aliphatic carbocycles. The number of pyridine rings is 1. The maximum Gasteiger partial charge on any atom is 0.407 e. The summed E-state index contributed by atoms with van der Waals surface area (Å²) in [6.07, 6.45) is 3.43. The number of methoxy groups -OCH3 is 1. The van der Waals surface area contributed by atoms with Crippen molar-refractivity contribution >= 4 is 29.6 Å². The number of allylic oxidation sites excluding steroid dienone is 1. The van der Waals surface area contributed by atoms with Gasteiger partial charge in [0.05, 0.1) is 45.2 Å². The van der Waals surface area contributed by atoms with Gasteiger partial charge in [-0.2, -0.15) is 8.78 Å². The van der Waals surface area contributed by atoms with Crippen molar-refractivity contribution in [2.75, 3.05) is 51.5 Å². The van der Waals surface area contributed by atoms with E-state index in [4.69, 9.17) is 15.5 Å². The van der Waals surface area contributed by atoms with Gasteiger partial charge < -0.3 is 41.2 Å². The number of fused-ring (bicyclic) bond motifs is 2. The largest absolute Gasteiger partial charge is 0.453 e. The summed E-state index contributed by atoms with van der Waals surface area (Å²) in [5.74, 6) is 4.39. The number of nitrogens with one attached hydrogen (secondary N) is 3. The first kappa shape index (κ1) is 46.9. The Bertz CT molecular complexity index is 2140. The number of nitrogens with zero attached hydrogens (tertiary/aromatic N) is 4. The van der Waals surface area contributed by atoms with Crippen molar-refractivity contribution in [2.24, 2.45) is 16.1 Å². The van der Waals surface area contributed by atoms with E-state index < -0.39 is 72.6 Å². The Hall–Kier alpha value is -5.61. The first-order chi connectivity index (χ1) is 30.2. The summed E-state index contributed by atoms with van der Waals surface area (Å²) in [5.41, 5.74) is 5.51. The van der Waals surface area contributed by atoms with Crippen molar-refractivity contribution in [2.45, 2.75) is 82.5 Å². The van der Waals surface area contributed by atoms with Gasteiger partial charge in [-0.25, -0.2) is 23.6 Å². The molecule has 2 amide bonds. The molecule has 18 heteroatoms. The van der Waals surface area contributed by atoms with Crippen LogP contribution in [-0.4, -0.2) is 123 Å². The lowest BCUT2D eigenvalue weighted by molar-refractivity contribution is -0.127. The zero-order valence-corrected chi connectivity index (χ0v) is 35.3. The third-order valence-electron chi connectivity index (χ3n) is 11.7. The first-order valence-electron chi connectivity index (χ1n) is 20.7. The number of aliphatic hydroxyl groups excluding tert-OH is 1. The number of anilines is 1. The van der Waals surface area contributed by atoms with Crippen LogP contribution in [0.3, 0.4) is 0 Å². The molecule has 0 radical (unpaired) electrons. The number of alkyl halides is 3. The maximum absolute atomic E-state index is 15.1. The number of carbonyl (C=O) groups excluding carboxylic acids is 2. The molecule has 3 aliphatic heterocycles. The Labute approximate surface area is 363 Å². The van der Waals surface area contributed by atoms with Crippen molar-refractivity contribution in [3.8, 4) is 11.8 Å². The molecule has 3 aliphatic rings. The molecule has 63 heavy (non-hydrogen) atoms. The fourth-order valence-corrected chi connectivity index (χ4v) is 8.08. The number of benzene rings is 2. The lowest BCUT2D eigenvalue weighted by Gasteiger charge is -2.47. The van der Waals surface area contributed by atoms with E-state index in [0.29, 0.717) is 35.5 Å². The van der Waals surface area contributed by atoms with Crippen LogP contribution in [0.25, 0.3) is 5.57 Å². The second kappa shape index (κ2) is 21.2. The van der Waals surface area contributed by atoms with Crippen LogP contribution in [0.2, 0.25) is 0 Å². The molecular formula is C45H53F5N8O5. The minimum Gasteiger partial charge on any atom is -0.453 e. The summed E-state index contributed by atoms with van der Waals surface area (Å²) in [6.45, 7) is 1.65. The van der Waals surface area contributed by atoms with Gasteiger partial charge in [0.15, 0.2) is 0 Å². The van der Waals surface area contributed by atoms with Crippen LogP contribution in [0.5, 0.6) is 0 Å². The van der Waals surface area contributed by atoms with Crippen LogP contribution in [0, 0.1) is 28.9 Å². The van der Waals surface area contributed by atoms with Gasteiger partial charge >= 0.3 is 12.6 Å². The molecule has 5 atom stereocenters. The first-order valence-corrected chi connectivity index (χ1v) is 20.7. The number of hydrogen-bond donors (Lipinski definition) is 5. The number of nitrogens with two attached hydrogens (primary N) is 1. The summed E-state index contributed by atoms with van der Waals surface area (Å²) in [4.78, 5) is 38.5. The van der Waals surface area contributed by atoms with E-state index in [1.165, 1.54) is 26.7 Å². The van der Waals surface area contributed by atoms with Gasteiger partial charge in [0.1, 0.15) is 23.5 Å². The highest BCUT2D eigenvalue weighted by atomic mass is 19.3. The fraction of sp³-hybridized carbons (Fsp3) is 0.467. The number of rotatable bonds is 17. The second-order valence-corrected chi connectivity index (χ2v) is 16.6. The minimum atomic E-state index is -3.05. The van der Waals surface area contributed by atoms with Crippen LogP contribution >= 0.6 is 0 Å². The van der Waals surface area contributed by atoms with Gasteiger partial charge in [-0.15, -0.1) is 0 Å². The number of carbonyl (C=O) groups is 2. The minimum absolute atomic E-state index is 0.0465. The Morgan fingerprint density at radius 3 is 2.24 bits per heavy atom. The molecule has 2 aromatic carbocycles. The van der Waals surface area contributed by atoms with E-state index in [1.54, 1.807) is 30.5 Å². The lowest BCUT2D eigenvalue weighted by atomic mass is 9.85. The number of aromatic nitrogens is 1. The number of halogens is 5. The number of aliphatic hydroxyl groups is 1. The molecule has 3 saturated heterocycles. The summed E-state index contributed by atoms with van der Waals surface area (Å²) >= 11 is 0. The Morgan fingerprint density at radius 1 is 1.03 bits per heavy atom. The van der Waals surface area contributed by atoms with Crippen LogP contribution in [-0.2, 0) is 27.2 Å². The van der Waals surface area contributed by atoms with Crippen LogP contribution in [0.15, 0.2) is 65.9 Å². The van der Waals surface area contributed by atoms with Gasteiger partial charge in [-0.1, -0.05) is 37.8 Å². The third kappa shape index (κ3) is 11.9. The quantitative estimate of drug-likeness (QED) is 0.0572. The highest BCUT2D eigenvalue weighted by molar-refractivity contribution is 6.09. The summed E-state index contributed by atoms with van der Waals surface area (Å²) < 4.78 is 79.6. The molecule has 3 fully saturated rings. The average Bonchev–Trinajstić information content (AvgIpc) is 3.48. The van der Waals surface area contributed by atoms with E-state index in [9.17, 15) is 27.9 Å². The van der Waals surface area contributed by atoms with Gasteiger partial charge in [-0.3, -0.25) is 14.1 Å². The van der Waals surface area contributed by atoms with Gasteiger partial charge in [0.25, 0.3) is 0 Å². The smallest absolute Gasteiger partial charge is 0.407 e. The molecule has 2 unspecified atom stereocenters. The van der Waals surface area contributed by atoms with Gasteiger partial charge in [-0.05, 0) is 66.8 Å². The second-order valence-electron chi connectivity index (χ2n) is 16.6. The van der Waals surface area contributed by atoms with E-state index in [-0.39, 0.29) is 24.1 Å². The van der Waals surface area contributed by atoms with E-state index >= 15 is 8.78 Å². The summed E-state index contributed by atoms with van der Waals surface area (Å²) in [5, 5.41) is 19.3. The number of ether oxygens (including phenoxy) is 2. The van der Waals surface area contributed by atoms with E-state index in [1.807, 2.05) is 12.1 Å². The Balaban J connectivity index is 1.12. The van der Waals surface area contributed by atoms with Crippen LogP contribution in [0.4, 0.5) is 32.6 Å². The molecule has 4 heterocycles. The van der Waals surface area contributed by atoms with Crippen molar-refractivity contribution in [3.05, 3.63) is 100 Å². The van der Waals surface area contributed by atoms with Crippen LogP contribution in [0.1, 0.15) is 54.5 Å². The molecule has 338 valence electrons. The monoisotopic (exact) mass is 880 g/mol. The number of amides is 2. The van der Waals surface area contributed by atoms with Crippen molar-refractivity contribution < 1.29 is 46.1 Å². The van der Waals surface area contributed by atoms with E-state index in [2.05, 4.69) is 47.3 Å². The lowest BCUT2D eigenvalue weighted by Crippen LogP contribution is -2.62. The van der Waals surface area contributed by atoms with Gasteiger partial charge in [0.2, 0.25) is 5.91 Å². The molecular weight excluding hydrogens is 828 g/mol. The molecule has 6 N–H and O–H groups in total.